The molecule has 0 bridgehead atoms. The van der Waals surface area contributed by atoms with Gasteiger partial charge in [0.05, 0.1) is 5.41 Å². The number of nitrogens with zero attached hydrogens (tertiary/aromatic N) is 1. The molecule has 1 aliphatic heterocycles. The van der Waals surface area contributed by atoms with Gasteiger partial charge in [-0.1, -0.05) is 36.8 Å². The van der Waals surface area contributed by atoms with Crippen molar-refractivity contribution in [1.82, 2.24) is 4.90 Å². The number of aldehydes is 1. The van der Waals surface area contributed by atoms with Crippen molar-refractivity contribution in [2.75, 3.05) is 19.6 Å². The van der Waals surface area contributed by atoms with Gasteiger partial charge in [0.1, 0.15) is 6.29 Å². The zero-order valence-electron chi connectivity index (χ0n) is 10.6. The summed E-state index contributed by atoms with van der Waals surface area (Å²) >= 11 is 0. The van der Waals surface area contributed by atoms with Gasteiger partial charge in [0, 0.05) is 6.54 Å². The van der Waals surface area contributed by atoms with E-state index in [1.54, 1.807) is 0 Å². The molecular weight excluding hydrogens is 210 g/mol. The van der Waals surface area contributed by atoms with E-state index in [2.05, 4.69) is 17.0 Å². The van der Waals surface area contributed by atoms with Crippen LogP contribution in [-0.2, 0) is 10.2 Å². The van der Waals surface area contributed by atoms with Gasteiger partial charge in [-0.2, -0.15) is 0 Å². The van der Waals surface area contributed by atoms with Crippen LogP contribution in [0.15, 0.2) is 30.3 Å². The maximum Gasteiger partial charge on any atom is 0.131 e. The molecule has 2 heteroatoms. The van der Waals surface area contributed by atoms with E-state index < -0.39 is 0 Å². The zero-order chi connectivity index (χ0) is 12.1. The molecule has 0 aliphatic carbocycles. The SMILES string of the molecule is CC(C=O)(CN1CCCCC1)c1ccccc1. The molecule has 17 heavy (non-hydrogen) atoms. The molecule has 1 unspecified atom stereocenters. The zero-order valence-corrected chi connectivity index (χ0v) is 10.6. The lowest BCUT2D eigenvalue weighted by atomic mass is 9.83. The predicted molar refractivity (Wildman–Crippen MR) is 70.1 cm³/mol. The van der Waals surface area contributed by atoms with Gasteiger partial charge in [-0.05, 0) is 38.4 Å². The van der Waals surface area contributed by atoms with Gasteiger partial charge < -0.3 is 9.69 Å². The monoisotopic (exact) mass is 231 g/mol. The molecule has 0 spiro atoms. The summed E-state index contributed by atoms with van der Waals surface area (Å²) in [4.78, 5) is 13.9. The summed E-state index contributed by atoms with van der Waals surface area (Å²) in [5.74, 6) is 0. The van der Waals surface area contributed by atoms with Crippen molar-refractivity contribution in [3.63, 3.8) is 0 Å². The predicted octanol–water partition coefficient (Wildman–Crippen LogP) is 2.63. The number of hydrogen-bond donors (Lipinski definition) is 0. The third-order valence-electron chi connectivity index (χ3n) is 3.69. The first-order chi connectivity index (χ1) is 8.24. The summed E-state index contributed by atoms with van der Waals surface area (Å²) < 4.78 is 0. The lowest BCUT2D eigenvalue weighted by Crippen LogP contribution is -2.42. The average molecular weight is 231 g/mol. The normalized spacial score (nSPS) is 20.8. The number of rotatable bonds is 4. The highest BCUT2D eigenvalue weighted by Gasteiger charge is 2.29. The Hall–Kier alpha value is -1.15. The van der Waals surface area contributed by atoms with Crippen LogP contribution in [-0.4, -0.2) is 30.8 Å². The molecule has 0 radical (unpaired) electrons. The van der Waals surface area contributed by atoms with E-state index in [4.69, 9.17) is 0 Å². The second kappa shape index (κ2) is 5.46. The quantitative estimate of drug-likeness (QED) is 0.742. The van der Waals surface area contributed by atoms with Crippen LogP contribution in [0.3, 0.4) is 0 Å². The van der Waals surface area contributed by atoms with Crippen molar-refractivity contribution < 1.29 is 4.79 Å². The van der Waals surface area contributed by atoms with E-state index in [9.17, 15) is 4.79 Å². The first-order valence-corrected chi connectivity index (χ1v) is 6.49. The average Bonchev–Trinajstić information content (AvgIpc) is 2.41. The van der Waals surface area contributed by atoms with Crippen molar-refractivity contribution in [2.45, 2.75) is 31.6 Å². The fraction of sp³-hybridized carbons (Fsp3) is 0.533. The van der Waals surface area contributed by atoms with Crippen molar-refractivity contribution >= 4 is 6.29 Å². The van der Waals surface area contributed by atoms with Gasteiger partial charge in [0.15, 0.2) is 0 Å². The summed E-state index contributed by atoms with van der Waals surface area (Å²) in [6, 6.07) is 10.1. The molecule has 92 valence electrons. The van der Waals surface area contributed by atoms with Gasteiger partial charge in [-0.15, -0.1) is 0 Å². The van der Waals surface area contributed by atoms with Gasteiger partial charge in [-0.25, -0.2) is 0 Å². The maximum atomic E-state index is 11.5. The van der Waals surface area contributed by atoms with Crippen LogP contribution in [0.4, 0.5) is 0 Å². The Morgan fingerprint density at radius 3 is 2.41 bits per heavy atom. The molecule has 1 heterocycles. The molecule has 1 atom stereocenters. The van der Waals surface area contributed by atoms with Crippen LogP contribution in [0, 0.1) is 0 Å². The van der Waals surface area contributed by atoms with Gasteiger partial charge in [0.25, 0.3) is 0 Å². The van der Waals surface area contributed by atoms with Crippen LogP contribution >= 0.6 is 0 Å². The van der Waals surface area contributed by atoms with Crippen molar-refractivity contribution in [3.05, 3.63) is 35.9 Å². The second-order valence-corrected chi connectivity index (χ2v) is 5.24. The van der Waals surface area contributed by atoms with E-state index in [-0.39, 0.29) is 5.41 Å². The molecule has 1 fully saturated rings. The van der Waals surface area contributed by atoms with Crippen LogP contribution in [0.2, 0.25) is 0 Å². The maximum absolute atomic E-state index is 11.5. The lowest BCUT2D eigenvalue weighted by molar-refractivity contribution is -0.112. The van der Waals surface area contributed by atoms with Crippen molar-refractivity contribution in [3.8, 4) is 0 Å². The number of hydrogen-bond acceptors (Lipinski definition) is 2. The Bertz CT molecular complexity index is 356. The molecule has 0 N–H and O–H groups in total. The van der Waals surface area contributed by atoms with E-state index in [1.807, 2.05) is 25.1 Å². The summed E-state index contributed by atoms with van der Waals surface area (Å²) in [6.45, 7) is 5.16. The summed E-state index contributed by atoms with van der Waals surface area (Å²) in [6.07, 6.45) is 4.98. The van der Waals surface area contributed by atoms with E-state index in [0.717, 1.165) is 31.5 Å². The highest BCUT2D eigenvalue weighted by molar-refractivity contribution is 5.68. The molecule has 1 aliphatic rings. The molecule has 0 aromatic heterocycles. The minimum absolute atomic E-state index is 0.362. The van der Waals surface area contributed by atoms with E-state index in [1.165, 1.54) is 19.3 Å². The largest absolute Gasteiger partial charge is 0.302 e. The fourth-order valence-electron chi connectivity index (χ4n) is 2.60. The van der Waals surface area contributed by atoms with Crippen molar-refractivity contribution in [2.24, 2.45) is 0 Å². The number of likely N-dealkylation sites (tertiary alicyclic amines) is 1. The molecule has 1 aromatic carbocycles. The highest BCUT2D eigenvalue weighted by atomic mass is 16.1. The Balaban J connectivity index is 2.11. The van der Waals surface area contributed by atoms with Crippen LogP contribution in [0.5, 0.6) is 0 Å². The van der Waals surface area contributed by atoms with Gasteiger partial charge >= 0.3 is 0 Å². The molecule has 0 amide bonds. The second-order valence-electron chi connectivity index (χ2n) is 5.24. The Morgan fingerprint density at radius 2 is 1.82 bits per heavy atom. The fourth-order valence-corrected chi connectivity index (χ4v) is 2.60. The summed E-state index contributed by atoms with van der Waals surface area (Å²) in [5, 5.41) is 0. The Morgan fingerprint density at radius 1 is 1.18 bits per heavy atom. The molecule has 1 saturated heterocycles. The first-order valence-electron chi connectivity index (χ1n) is 6.49. The number of carbonyl (C=O) groups excluding carboxylic acids is 1. The van der Waals surface area contributed by atoms with Crippen molar-refractivity contribution in [1.29, 1.82) is 0 Å². The molecule has 2 nitrogen and oxygen atoms in total. The van der Waals surface area contributed by atoms with Crippen LogP contribution in [0.1, 0.15) is 31.7 Å². The van der Waals surface area contributed by atoms with Crippen LogP contribution in [0.25, 0.3) is 0 Å². The Labute approximate surface area is 104 Å². The third-order valence-corrected chi connectivity index (χ3v) is 3.69. The smallest absolute Gasteiger partial charge is 0.131 e. The lowest BCUT2D eigenvalue weighted by Gasteiger charge is -2.34. The van der Waals surface area contributed by atoms with Crippen LogP contribution < -0.4 is 0 Å². The van der Waals surface area contributed by atoms with Gasteiger partial charge in [0.2, 0.25) is 0 Å². The molecule has 2 rings (SSSR count). The highest BCUT2D eigenvalue weighted by Crippen LogP contribution is 2.24. The summed E-state index contributed by atoms with van der Waals surface area (Å²) in [7, 11) is 0. The third kappa shape index (κ3) is 2.95. The number of benzene rings is 1. The summed E-state index contributed by atoms with van der Waals surface area (Å²) in [5.41, 5.74) is 0.763. The Kier molecular flexibility index (Phi) is 3.95. The molecular formula is C15H21NO. The molecule has 1 aromatic rings. The number of carbonyl (C=O) groups is 1. The topological polar surface area (TPSA) is 20.3 Å². The minimum Gasteiger partial charge on any atom is -0.302 e. The van der Waals surface area contributed by atoms with E-state index >= 15 is 0 Å². The first kappa shape index (κ1) is 12.3. The standard InChI is InChI=1S/C15H21NO/c1-15(13-17,14-8-4-2-5-9-14)12-16-10-6-3-7-11-16/h2,4-5,8-9,13H,3,6-7,10-12H2,1H3. The van der Waals surface area contributed by atoms with Gasteiger partial charge in [-0.3, -0.25) is 0 Å². The molecule has 0 saturated carbocycles. The minimum atomic E-state index is -0.362. The number of piperidine rings is 1. The van der Waals surface area contributed by atoms with E-state index in [0.29, 0.717) is 0 Å².